The van der Waals surface area contributed by atoms with Crippen molar-refractivity contribution in [3.05, 3.63) is 51.5 Å². The monoisotopic (exact) mass is 301 g/mol. The van der Waals surface area contributed by atoms with E-state index in [1.165, 1.54) is 22.7 Å². The summed E-state index contributed by atoms with van der Waals surface area (Å²) in [6, 6.07) is 5.21. The predicted octanol–water partition coefficient (Wildman–Crippen LogP) is 2.00. The zero-order chi connectivity index (χ0) is 15.0. The van der Waals surface area contributed by atoms with Crippen LogP contribution in [0.3, 0.4) is 0 Å². The van der Waals surface area contributed by atoms with Gasteiger partial charge >= 0.3 is 0 Å². The number of hydrogen-bond acceptors (Lipinski definition) is 4. The lowest BCUT2D eigenvalue weighted by atomic mass is 10.0. The molecule has 0 aromatic carbocycles. The maximum atomic E-state index is 12.6. The molecule has 1 aliphatic rings. The van der Waals surface area contributed by atoms with Crippen LogP contribution in [0, 0.1) is 0 Å². The van der Waals surface area contributed by atoms with E-state index in [0.29, 0.717) is 17.8 Å². The van der Waals surface area contributed by atoms with Gasteiger partial charge in [-0.1, -0.05) is 0 Å². The van der Waals surface area contributed by atoms with Gasteiger partial charge in [0.15, 0.2) is 0 Å². The Kier molecular flexibility index (Phi) is 3.47. The number of rotatable bonds is 2. The Morgan fingerprint density at radius 1 is 1.38 bits per heavy atom. The van der Waals surface area contributed by atoms with E-state index in [1.54, 1.807) is 17.4 Å². The van der Waals surface area contributed by atoms with Crippen molar-refractivity contribution >= 4 is 23.2 Å². The number of amides is 2. The highest BCUT2D eigenvalue weighted by molar-refractivity contribution is 7.10. The van der Waals surface area contributed by atoms with Crippen molar-refractivity contribution in [2.45, 2.75) is 19.4 Å². The van der Waals surface area contributed by atoms with E-state index in [0.717, 1.165) is 6.42 Å². The highest BCUT2D eigenvalue weighted by Gasteiger charge is 2.29. The maximum absolute atomic E-state index is 12.6. The van der Waals surface area contributed by atoms with E-state index >= 15 is 0 Å². The summed E-state index contributed by atoms with van der Waals surface area (Å²) >= 11 is 1.74. The lowest BCUT2D eigenvalue weighted by Crippen LogP contribution is -2.38. The molecule has 0 saturated carbocycles. The second-order valence-corrected chi connectivity index (χ2v) is 6.02. The van der Waals surface area contributed by atoms with E-state index < -0.39 is 5.91 Å². The Balaban J connectivity index is 1.84. The normalized spacial score (nSPS) is 17.4. The van der Waals surface area contributed by atoms with Gasteiger partial charge in [0, 0.05) is 17.6 Å². The summed E-state index contributed by atoms with van der Waals surface area (Å²) in [5.74, 6) is -0.661. The average Bonchev–Trinajstić information content (AvgIpc) is 2.96. The van der Waals surface area contributed by atoms with Gasteiger partial charge in [-0.05, 0) is 42.5 Å². The molecule has 108 valence electrons. The van der Waals surface area contributed by atoms with E-state index in [2.05, 4.69) is 16.4 Å². The summed E-state index contributed by atoms with van der Waals surface area (Å²) < 4.78 is 0. The molecule has 2 amide bonds. The molecule has 2 aromatic heterocycles. The molecule has 6 heteroatoms. The van der Waals surface area contributed by atoms with Crippen LogP contribution in [0.5, 0.6) is 0 Å². The first kappa shape index (κ1) is 13.8. The fourth-order valence-electron chi connectivity index (χ4n) is 2.60. The Labute approximate surface area is 126 Å². The van der Waals surface area contributed by atoms with Gasteiger partial charge in [-0.2, -0.15) is 0 Å². The van der Waals surface area contributed by atoms with Gasteiger partial charge in [-0.3, -0.25) is 14.6 Å². The van der Waals surface area contributed by atoms with Gasteiger partial charge in [-0.15, -0.1) is 11.3 Å². The summed E-state index contributed by atoms with van der Waals surface area (Å²) in [6.45, 7) is 2.72. The van der Waals surface area contributed by atoms with Crippen molar-refractivity contribution in [3.63, 3.8) is 0 Å². The lowest BCUT2D eigenvalue weighted by Gasteiger charge is -2.33. The fraction of sp³-hybridized carbons (Fsp3) is 0.267. The largest absolute Gasteiger partial charge is 0.366 e. The number of carbonyl (C=O) groups excluding carboxylic acids is 2. The Morgan fingerprint density at radius 3 is 2.86 bits per heavy atom. The topological polar surface area (TPSA) is 76.3 Å². The van der Waals surface area contributed by atoms with Crippen molar-refractivity contribution < 1.29 is 9.59 Å². The number of thiophene rings is 1. The van der Waals surface area contributed by atoms with E-state index in [9.17, 15) is 9.59 Å². The number of nitrogens with zero attached hydrogens (tertiary/aromatic N) is 2. The summed E-state index contributed by atoms with van der Waals surface area (Å²) in [4.78, 5) is 30.8. The first-order chi connectivity index (χ1) is 10.1. The quantitative estimate of drug-likeness (QED) is 0.921. The zero-order valence-corrected chi connectivity index (χ0v) is 12.4. The van der Waals surface area contributed by atoms with Crippen LogP contribution in [0.4, 0.5) is 0 Å². The van der Waals surface area contributed by atoms with Crippen molar-refractivity contribution in [2.75, 3.05) is 6.54 Å². The zero-order valence-electron chi connectivity index (χ0n) is 11.6. The first-order valence-corrected chi connectivity index (χ1v) is 7.59. The van der Waals surface area contributed by atoms with Crippen LogP contribution in [0.25, 0.3) is 0 Å². The van der Waals surface area contributed by atoms with Crippen molar-refractivity contribution in [1.29, 1.82) is 0 Å². The second kappa shape index (κ2) is 5.29. The number of fused-ring (bicyclic) bond motifs is 1. The second-order valence-electron chi connectivity index (χ2n) is 5.02. The van der Waals surface area contributed by atoms with Crippen LogP contribution >= 0.6 is 11.3 Å². The van der Waals surface area contributed by atoms with Gasteiger partial charge in [0.05, 0.1) is 11.6 Å². The Morgan fingerprint density at radius 2 is 2.19 bits per heavy atom. The number of carbonyl (C=O) groups is 2. The maximum Gasteiger partial charge on any atom is 0.272 e. The summed E-state index contributed by atoms with van der Waals surface area (Å²) in [6.07, 6.45) is 2.22. The molecule has 0 spiro atoms. The minimum atomic E-state index is -0.546. The molecule has 21 heavy (non-hydrogen) atoms. The molecule has 0 aliphatic carbocycles. The number of pyridine rings is 1. The van der Waals surface area contributed by atoms with Crippen molar-refractivity contribution in [2.24, 2.45) is 5.73 Å². The first-order valence-electron chi connectivity index (χ1n) is 6.71. The number of primary amides is 1. The third-order valence-corrected chi connectivity index (χ3v) is 4.80. The number of nitrogens with two attached hydrogens (primary N) is 1. The van der Waals surface area contributed by atoms with Gasteiger partial charge in [0.25, 0.3) is 5.91 Å². The van der Waals surface area contributed by atoms with Crippen LogP contribution in [0.1, 0.15) is 44.3 Å². The molecule has 0 saturated heterocycles. The van der Waals surface area contributed by atoms with Crippen LogP contribution in [-0.4, -0.2) is 28.2 Å². The van der Waals surface area contributed by atoms with E-state index in [1.807, 2.05) is 11.8 Å². The highest BCUT2D eigenvalue weighted by atomic mass is 32.1. The molecule has 1 aliphatic heterocycles. The molecular formula is C15H15N3O2S. The van der Waals surface area contributed by atoms with Gasteiger partial charge in [0.2, 0.25) is 5.91 Å². The molecule has 0 radical (unpaired) electrons. The molecule has 1 atom stereocenters. The standard InChI is InChI=1S/C15H15N3O2S/c1-9-11-5-7-21-13(11)4-6-18(9)15(20)12-3-2-10(8-17-12)14(16)19/h2-3,5,7-9H,4,6H2,1H3,(H2,16,19)/t9-/m1/s1. The summed E-state index contributed by atoms with van der Waals surface area (Å²) in [7, 11) is 0. The molecule has 2 N–H and O–H groups in total. The minimum Gasteiger partial charge on any atom is -0.366 e. The fourth-order valence-corrected chi connectivity index (χ4v) is 3.56. The molecular weight excluding hydrogens is 286 g/mol. The van der Waals surface area contributed by atoms with Gasteiger partial charge in [-0.25, -0.2) is 0 Å². The predicted molar refractivity (Wildman–Crippen MR) is 80.2 cm³/mol. The Hall–Kier alpha value is -2.21. The number of hydrogen-bond donors (Lipinski definition) is 1. The van der Waals surface area contributed by atoms with Crippen LogP contribution in [0.2, 0.25) is 0 Å². The molecule has 3 rings (SSSR count). The Bertz CT molecular complexity index is 693. The van der Waals surface area contributed by atoms with Crippen LogP contribution < -0.4 is 5.73 Å². The third kappa shape index (κ3) is 2.42. The molecule has 3 heterocycles. The van der Waals surface area contributed by atoms with Gasteiger partial charge in [0.1, 0.15) is 5.69 Å². The summed E-state index contributed by atoms with van der Waals surface area (Å²) in [5, 5.41) is 2.06. The van der Waals surface area contributed by atoms with E-state index in [4.69, 9.17) is 5.73 Å². The average molecular weight is 301 g/mol. The molecule has 0 unspecified atom stereocenters. The van der Waals surface area contributed by atoms with Crippen molar-refractivity contribution in [1.82, 2.24) is 9.88 Å². The lowest BCUT2D eigenvalue weighted by molar-refractivity contribution is 0.0673. The third-order valence-electron chi connectivity index (χ3n) is 3.81. The minimum absolute atomic E-state index is 0.0464. The molecule has 2 aromatic rings. The van der Waals surface area contributed by atoms with Crippen LogP contribution in [0.15, 0.2) is 29.8 Å². The summed E-state index contributed by atoms with van der Waals surface area (Å²) in [5.41, 5.74) is 7.03. The van der Waals surface area contributed by atoms with Crippen molar-refractivity contribution in [3.8, 4) is 0 Å². The van der Waals surface area contributed by atoms with E-state index in [-0.39, 0.29) is 11.9 Å². The highest BCUT2D eigenvalue weighted by Crippen LogP contribution is 2.33. The molecule has 0 bridgehead atoms. The van der Waals surface area contributed by atoms with Crippen LogP contribution in [-0.2, 0) is 6.42 Å². The SMILES string of the molecule is C[C@@H]1c2ccsc2CCN1C(=O)c1ccc(C(N)=O)cn1. The molecule has 0 fully saturated rings. The number of aromatic nitrogens is 1. The smallest absolute Gasteiger partial charge is 0.272 e. The van der Waals surface area contributed by atoms with Gasteiger partial charge < -0.3 is 10.6 Å². The molecule has 5 nitrogen and oxygen atoms in total.